The number of carboxylic acid groups (broad SMARTS) is 2. The van der Waals surface area contributed by atoms with E-state index >= 15 is 0 Å². The number of Topliss-reactive ketones (excluding diaryl/α,β-unsaturated/α-hetero) is 1. The van der Waals surface area contributed by atoms with Crippen LogP contribution in [0.1, 0.15) is 72.6 Å². The van der Waals surface area contributed by atoms with Gasteiger partial charge < -0.3 is 42.2 Å². The van der Waals surface area contributed by atoms with Gasteiger partial charge in [0.1, 0.15) is 5.78 Å². The van der Waals surface area contributed by atoms with Crippen LogP contribution in [0.2, 0.25) is 0 Å². The van der Waals surface area contributed by atoms with Crippen LogP contribution in [0.25, 0.3) is 0 Å². The zero-order valence-corrected chi connectivity index (χ0v) is 23.2. The molecule has 1 amide bonds. The van der Waals surface area contributed by atoms with Crippen LogP contribution in [-0.2, 0) is 28.7 Å². The second kappa shape index (κ2) is 40.6. The van der Waals surface area contributed by atoms with Gasteiger partial charge in [0, 0.05) is 26.4 Å². The number of aliphatic carboxylic acids is 2. The lowest BCUT2D eigenvalue weighted by atomic mass is 10.0. The van der Waals surface area contributed by atoms with E-state index in [0.717, 1.165) is 6.92 Å². The summed E-state index contributed by atoms with van der Waals surface area (Å²) in [6.45, 7) is 9.74. The van der Waals surface area contributed by atoms with Crippen LogP contribution >= 0.6 is 0 Å². The molecule has 1 saturated carbocycles. The Bertz CT molecular complexity index is 528. The van der Waals surface area contributed by atoms with Gasteiger partial charge in [-0.2, -0.15) is 0 Å². The molecule has 9 N–H and O–H groups in total. The Kier molecular flexibility index (Phi) is 48.8. The molecule has 0 heterocycles. The Morgan fingerprint density at radius 2 is 1.30 bits per heavy atom. The lowest BCUT2D eigenvalue weighted by Crippen LogP contribution is -2.43. The molecule has 0 aromatic carbocycles. The van der Waals surface area contributed by atoms with Crippen molar-refractivity contribution in [3.05, 3.63) is 0 Å². The highest BCUT2D eigenvalue weighted by Gasteiger charge is 2.15. The third-order valence-electron chi connectivity index (χ3n) is 3.53. The van der Waals surface area contributed by atoms with Crippen molar-refractivity contribution in [2.75, 3.05) is 46.1 Å². The van der Waals surface area contributed by atoms with Gasteiger partial charge in [0.05, 0.1) is 45.4 Å². The molecule has 0 radical (unpaired) electrons. The van der Waals surface area contributed by atoms with Crippen molar-refractivity contribution >= 4 is 23.6 Å². The van der Waals surface area contributed by atoms with Crippen LogP contribution in [0.3, 0.4) is 0 Å². The smallest absolute Gasteiger partial charge is 0.305 e. The summed E-state index contributed by atoms with van der Waals surface area (Å²) in [6, 6.07) is -1.03. The number of rotatable bonds is 13. The fraction of sp³-hybridized carbons (Fsp3) is 0.760. The van der Waals surface area contributed by atoms with Crippen molar-refractivity contribution in [1.29, 1.82) is 0 Å². The summed E-state index contributed by atoms with van der Waals surface area (Å²) in [4.78, 5) is 40.6. The van der Waals surface area contributed by atoms with Crippen LogP contribution in [-0.4, -0.2) is 85.9 Å². The largest absolute Gasteiger partial charge is 0.481 e. The maximum absolute atomic E-state index is 11.3. The van der Waals surface area contributed by atoms with E-state index in [4.69, 9.17) is 41.7 Å². The number of carboxylic acids is 2. The number of ether oxygens (including phenoxy) is 2. The summed E-state index contributed by atoms with van der Waals surface area (Å²) in [5.74, 6) is -2.32. The average Bonchev–Trinajstić information content (AvgIpc) is 2.80. The molecule has 12 nitrogen and oxygen atoms in total. The van der Waals surface area contributed by atoms with Gasteiger partial charge in [-0.1, -0.05) is 52.9 Å². The quantitative estimate of drug-likeness (QED) is 0.145. The first-order chi connectivity index (χ1) is 17.5. The fourth-order valence-corrected chi connectivity index (χ4v) is 1.46. The van der Waals surface area contributed by atoms with Crippen molar-refractivity contribution in [1.82, 2.24) is 5.32 Å². The summed E-state index contributed by atoms with van der Waals surface area (Å²) in [7, 11) is 0. The Balaban J connectivity index is -0.000000145. The Morgan fingerprint density at radius 3 is 1.57 bits per heavy atom. The van der Waals surface area contributed by atoms with E-state index in [2.05, 4.69) is 32.0 Å². The van der Waals surface area contributed by atoms with Gasteiger partial charge in [-0.3, -0.25) is 19.2 Å². The summed E-state index contributed by atoms with van der Waals surface area (Å²) < 4.78 is 10.2. The first kappa shape index (κ1) is 44.4. The molecule has 0 unspecified atom stereocenters. The molecule has 0 aromatic rings. The number of terminal acetylenes is 1. The molecule has 1 fully saturated rings. The monoisotopic (exact) mass is 536 g/mol. The third-order valence-corrected chi connectivity index (χ3v) is 3.53. The highest BCUT2D eigenvalue weighted by molar-refractivity contribution is 5.85. The van der Waals surface area contributed by atoms with Crippen LogP contribution in [0.5, 0.6) is 0 Å². The lowest BCUT2D eigenvalue weighted by Gasteiger charge is -2.10. The molecule has 1 aliphatic rings. The Labute approximate surface area is 223 Å². The highest BCUT2D eigenvalue weighted by Crippen LogP contribution is 2.15. The summed E-state index contributed by atoms with van der Waals surface area (Å²) in [5.41, 5.74) is 15.5. The molecule has 12 heteroatoms. The van der Waals surface area contributed by atoms with Gasteiger partial charge in [-0.05, 0) is 0 Å². The lowest BCUT2D eigenvalue weighted by molar-refractivity contribution is -0.139. The number of carbonyl (C=O) groups is 4. The molecule has 1 atom stereocenters. The van der Waals surface area contributed by atoms with Gasteiger partial charge in [0.15, 0.2) is 0 Å². The summed E-state index contributed by atoms with van der Waals surface area (Å²) in [6.07, 6.45) is 15.4. The number of nitrogens with one attached hydrogen (secondary N) is 1. The van der Waals surface area contributed by atoms with E-state index in [0.29, 0.717) is 39.4 Å². The van der Waals surface area contributed by atoms with E-state index in [9.17, 15) is 14.4 Å². The van der Waals surface area contributed by atoms with Crippen LogP contribution in [0, 0.1) is 12.8 Å². The minimum Gasteiger partial charge on any atom is -0.481 e. The highest BCUT2D eigenvalue weighted by atomic mass is 16.5. The molecule has 0 aliphatic heterocycles. The van der Waals surface area contributed by atoms with Gasteiger partial charge in [-0.25, -0.2) is 0 Å². The predicted octanol–water partition coefficient (Wildman–Crippen LogP) is 1.14. The molecule has 37 heavy (non-hydrogen) atoms. The number of nitrogens with two attached hydrogens (primary N) is 3. The van der Waals surface area contributed by atoms with Crippen molar-refractivity contribution < 1.29 is 38.9 Å². The van der Waals surface area contributed by atoms with E-state index in [1.165, 1.54) is 32.1 Å². The van der Waals surface area contributed by atoms with Crippen molar-refractivity contribution in [2.45, 2.75) is 78.7 Å². The number of amides is 1. The Hall–Kier alpha value is -2.56. The van der Waals surface area contributed by atoms with E-state index < -0.39 is 23.9 Å². The van der Waals surface area contributed by atoms with E-state index in [1.54, 1.807) is 6.92 Å². The predicted molar refractivity (Wildman–Crippen MR) is 146 cm³/mol. The second-order valence-corrected chi connectivity index (χ2v) is 7.25. The van der Waals surface area contributed by atoms with E-state index in [-0.39, 0.29) is 25.3 Å². The van der Waals surface area contributed by atoms with Gasteiger partial charge in [-0.15, -0.1) is 12.8 Å². The SMILES string of the molecule is C#C.C1CCC1.CC(=O)O.CCC.CCC(=O)CN.NCCOCCOCCNC(=O)[C@@H](N)CC(=O)O. The van der Waals surface area contributed by atoms with Crippen LogP contribution in [0.15, 0.2) is 0 Å². The van der Waals surface area contributed by atoms with Crippen molar-refractivity contribution in [3.63, 3.8) is 0 Å². The molecule has 0 spiro atoms. The minimum atomic E-state index is -1.11. The summed E-state index contributed by atoms with van der Waals surface area (Å²) >= 11 is 0. The van der Waals surface area contributed by atoms with Crippen LogP contribution in [0.4, 0.5) is 0 Å². The molecular formula is C25H52N4O8. The van der Waals surface area contributed by atoms with Crippen molar-refractivity contribution in [3.8, 4) is 12.8 Å². The van der Waals surface area contributed by atoms with Gasteiger partial charge in [0.2, 0.25) is 5.91 Å². The topological polar surface area (TPSA) is 217 Å². The molecule has 1 rings (SSSR count). The number of hydrogen-bond donors (Lipinski definition) is 6. The van der Waals surface area contributed by atoms with Gasteiger partial charge in [0.25, 0.3) is 5.97 Å². The number of hydrogen-bond acceptors (Lipinski definition) is 9. The third kappa shape index (κ3) is 60.2. The maximum atomic E-state index is 11.3. The number of carbonyl (C=O) groups excluding carboxylic acids is 2. The molecule has 0 aromatic heterocycles. The zero-order valence-electron chi connectivity index (χ0n) is 23.2. The summed E-state index contributed by atoms with van der Waals surface area (Å²) in [5, 5.41) is 18.3. The Morgan fingerprint density at radius 1 is 0.892 bits per heavy atom. The minimum absolute atomic E-state index is 0.120. The molecular weight excluding hydrogens is 484 g/mol. The first-order valence-corrected chi connectivity index (χ1v) is 12.4. The van der Waals surface area contributed by atoms with E-state index in [1.807, 2.05) is 0 Å². The second-order valence-electron chi connectivity index (χ2n) is 7.25. The zero-order chi connectivity index (χ0) is 29.9. The van der Waals surface area contributed by atoms with Gasteiger partial charge >= 0.3 is 5.97 Å². The molecule has 0 bridgehead atoms. The fourth-order valence-electron chi connectivity index (χ4n) is 1.46. The first-order valence-electron chi connectivity index (χ1n) is 12.4. The van der Waals surface area contributed by atoms with Crippen molar-refractivity contribution in [2.24, 2.45) is 17.2 Å². The molecule has 220 valence electrons. The average molecular weight is 537 g/mol. The molecule has 1 aliphatic carbocycles. The maximum Gasteiger partial charge on any atom is 0.305 e. The molecule has 0 saturated heterocycles. The standard InChI is InChI=1S/C10H21N3O5.C4H9NO.C4H8.C3H8.C2H4O2.C2H2/c11-1-3-17-5-6-18-4-2-13-10(16)8(12)7-9(14)15;1-2-4(6)3-5;1-2-4-3-1;1-3-2;1-2(3)4;1-2/h8H,1-7,11-12H2,(H,13,16)(H,14,15);2-3,5H2,1H3;1-4H2;3H2,1-2H3;1H3,(H,3,4);1-2H/t8-;;;;;/m0...../s1. The van der Waals surface area contributed by atoms with Crippen LogP contribution < -0.4 is 22.5 Å². The normalized spacial score (nSPS) is 11.1. The number of ketones is 1.